The highest BCUT2D eigenvalue weighted by molar-refractivity contribution is 5.88. The van der Waals surface area contributed by atoms with Crippen molar-refractivity contribution in [2.24, 2.45) is 0 Å². The molecule has 0 spiro atoms. The summed E-state index contributed by atoms with van der Waals surface area (Å²) in [7, 11) is 0. The normalized spacial score (nSPS) is 15.0. The molecule has 1 aromatic carbocycles. The van der Waals surface area contributed by atoms with E-state index in [1.54, 1.807) is 32.0 Å². The third-order valence-corrected chi connectivity index (χ3v) is 5.17. The van der Waals surface area contributed by atoms with Crippen molar-refractivity contribution >= 4 is 22.9 Å². The third kappa shape index (κ3) is 4.32. The van der Waals surface area contributed by atoms with Crippen LogP contribution in [0.15, 0.2) is 36.8 Å². The number of fused-ring (bicyclic) bond motifs is 2. The Bertz CT molecular complexity index is 1060. The van der Waals surface area contributed by atoms with Crippen LogP contribution in [0.3, 0.4) is 0 Å². The lowest BCUT2D eigenvalue weighted by Crippen LogP contribution is -2.51. The minimum Gasteiger partial charge on any atom is -0.444 e. The zero-order chi connectivity index (χ0) is 21.3. The van der Waals surface area contributed by atoms with E-state index in [1.165, 1.54) is 0 Å². The van der Waals surface area contributed by atoms with Crippen LogP contribution in [0.25, 0.3) is 10.9 Å². The Morgan fingerprint density at radius 1 is 1.27 bits per heavy atom. The summed E-state index contributed by atoms with van der Waals surface area (Å²) in [6.07, 6.45) is 4.01. The van der Waals surface area contributed by atoms with Gasteiger partial charge >= 0.3 is 6.09 Å². The Kier molecular flexibility index (Phi) is 5.24. The van der Waals surface area contributed by atoms with Gasteiger partial charge in [0, 0.05) is 36.5 Å². The van der Waals surface area contributed by atoms with E-state index in [0.717, 1.165) is 27.9 Å². The summed E-state index contributed by atoms with van der Waals surface area (Å²) in [5, 5.41) is 3.84. The molecule has 1 aliphatic heterocycles. The van der Waals surface area contributed by atoms with Crippen LogP contribution in [0.2, 0.25) is 0 Å². The minimum atomic E-state index is -0.733. The molecule has 2 amide bonds. The average Bonchev–Trinajstić information content (AvgIpc) is 3.32. The van der Waals surface area contributed by atoms with Gasteiger partial charge < -0.3 is 24.9 Å². The molecule has 0 aliphatic carbocycles. The van der Waals surface area contributed by atoms with Crippen LogP contribution in [0.5, 0.6) is 0 Å². The van der Waals surface area contributed by atoms with E-state index >= 15 is 0 Å². The first-order chi connectivity index (χ1) is 14.3. The van der Waals surface area contributed by atoms with Crippen LogP contribution in [0.4, 0.5) is 4.79 Å². The molecule has 30 heavy (non-hydrogen) atoms. The van der Waals surface area contributed by atoms with Gasteiger partial charge in [-0.15, -0.1) is 0 Å². The summed E-state index contributed by atoms with van der Waals surface area (Å²) >= 11 is 0. The maximum atomic E-state index is 13.4. The number of alkyl carbamates (subject to hydrolysis) is 1. The number of H-pyrrole nitrogens is 2. The Hall–Kier alpha value is -3.29. The first kappa shape index (κ1) is 20.0. The highest BCUT2D eigenvalue weighted by Gasteiger charge is 2.31. The minimum absolute atomic E-state index is 0.133. The molecule has 4 rings (SSSR count). The Morgan fingerprint density at radius 3 is 2.87 bits per heavy atom. The maximum absolute atomic E-state index is 13.4. The molecule has 3 heterocycles. The molecular formula is C22H27N5O3. The molecule has 0 radical (unpaired) electrons. The standard InChI is InChI=1S/C22H27N5O3/c1-22(2,3)30-21(29)26-18(10-14-11-23-16-7-5-4-6-15(14)16)20(28)27-9-8-17-19(12-27)25-13-24-17/h4-7,11,13,18,23H,8-10,12H2,1-3H3,(H,24,25)(H,26,29)/t18-/m1/s1. The highest BCUT2D eigenvalue weighted by Crippen LogP contribution is 2.21. The molecule has 1 atom stereocenters. The molecule has 1 aliphatic rings. The number of para-hydroxylation sites is 1. The highest BCUT2D eigenvalue weighted by atomic mass is 16.6. The fraction of sp³-hybridized carbons (Fsp3) is 0.409. The Morgan fingerprint density at radius 2 is 2.07 bits per heavy atom. The van der Waals surface area contributed by atoms with Crippen molar-refractivity contribution < 1.29 is 14.3 Å². The SMILES string of the molecule is CC(C)(C)OC(=O)N[C@H](Cc1c[nH]c2ccccc12)C(=O)N1CCc2nc[nH]c2C1. The number of rotatable bonds is 4. The lowest BCUT2D eigenvalue weighted by atomic mass is 10.0. The molecule has 0 saturated carbocycles. The number of aromatic nitrogens is 3. The summed E-state index contributed by atoms with van der Waals surface area (Å²) in [5.74, 6) is -0.133. The molecule has 0 bridgehead atoms. The summed E-state index contributed by atoms with van der Waals surface area (Å²) in [6, 6.07) is 7.18. The zero-order valence-electron chi connectivity index (χ0n) is 17.5. The van der Waals surface area contributed by atoms with E-state index in [9.17, 15) is 9.59 Å². The number of hydrogen-bond donors (Lipinski definition) is 3. The van der Waals surface area contributed by atoms with Crippen molar-refractivity contribution in [2.75, 3.05) is 6.54 Å². The zero-order valence-corrected chi connectivity index (χ0v) is 17.5. The molecule has 8 nitrogen and oxygen atoms in total. The molecule has 3 aromatic rings. The average molecular weight is 409 g/mol. The van der Waals surface area contributed by atoms with E-state index in [4.69, 9.17) is 4.74 Å². The quantitative estimate of drug-likeness (QED) is 0.616. The van der Waals surface area contributed by atoms with Gasteiger partial charge in [-0.1, -0.05) is 18.2 Å². The molecule has 2 aromatic heterocycles. The van der Waals surface area contributed by atoms with Crippen molar-refractivity contribution in [2.45, 2.75) is 51.8 Å². The lowest BCUT2D eigenvalue weighted by molar-refractivity contribution is -0.134. The number of imidazole rings is 1. The summed E-state index contributed by atoms with van der Waals surface area (Å²) < 4.78 is 5.41. The Labute approximate surface area is 175 Å². The number of carbonyl (C=O) groups is 2. The summed E-state index contributed by atoms with van der Waals surface area (Å²) in [6.45, 7) is 6.42. The topological polar surface area (TPSA) is 103 Å². The van der Waals surface area contributed by atoms with E-state index in [1.807, 2.05) is 30.5 Å². The van der Waals surface area contributed by atoms with E-state index in [-0.39, 0.29) is 5.91 Å². The third-order valence-electron chi connectivity index (χ3n) is 5.17. The summed E-state index contributed by atoms with van der Waals surface area (Å²) in [5.41, 5.74) is 3.26. The molecule has 8 heteroatoms. The molecule has 0 unspecified atom stereocenters. The molecular weight excluding hydrogens is 382 g/mol. The molecule has 0 saturated heterocycles. The van der Waals surface area contributed by atoms with Crippen LogP contribution in [0, 0.1) is 0 Å². The largest absolute Gasteiger partial charge is 0.444 e. The number of hydrogen-bond acceptors (Lipinski definition) is 4. The van der Waals surface area contributed by atoms with Crippen LogP contribution in [-0.4, -0.2) is 50.0 Å². The fourth-order valence-corrected chi connectivity index (χ4v) is 3.79. The molecule has 3 N–H and O–H groups in total. The van der Waals surface area contributed by atoms with E-state index in [2.05, 4.69) is 20.3 Å². The lowest BCUT2D eigenvalue weighted by Gasteiger charge is -2.31. The number of ether oxygens (including phenoxy) is 1. The van der Waals surface area contributed by atoms with Gasteiger partial charge in [-0.2, -0.15) is 0 Å². The van der Waals surface area contributed by atoms with Gasteiger partial charge in [0.05, 0.1) is 24.3 Å². The van der Waals surface area contributed by atoms with Crippen molar-refractivity contribution in [1.82, 2.24) is 25.2 Å². The van der Waals surface area contributed by atoms with Gasteiger partial charge in [0.15, 0.2) is 0 Å². The van der Waals surface area contributed by atoms with Gasteiger partial charge in [-0.25, -0.2) is 9.78 Å². The second-order valence-corrected chi connectivity index (χ2v) is 8.60. The van der Waals surface area contributed by atoms with Gasteiger partial charge in [-0.3, -0.25) is 4.79 Å². The van der Waals surface area contributed by atoms with E-state index < -0.39 is 17.7 Å². The van der Waals surface area contributed by atoms with Crippen molar-refractivity contribution in [3.63, 3.8) is 0 Å². The number of nitrogens with one attached hydrogen (secondary N) is 3. The predicted molar refractivity (Wildman–Crippen MR) is 113 cm³/mol. The van der Waals surface area contributed by atoms with Crippen LogP contribution >= 0.6 is 0 Å². The number of nitrogens with zero attached hydrogens (tertiary/aromatic N) is 2. The van der Waals surface area contributed by atoms with Gasteiger partial charge in [-0.05, 0) is 32.4 Å². The number of aromatic amines is 2. The first-order valence-corrected chi connectivity index (χ1v) is 10.1. The Balaban J connectivity index is 1.56. The summed E-state index contributed by atoms with van der Waals surface area (Å²) in [4.78, 5) is 38.3. The molecule has 158 valence electrons. The van der Waals surface area contributed by atoms with Crippen LogP contribution < -0.4 is 5.32 Å². The molecule has 0 fully saturated rings. The van der Waals surface area contributed by atoms with Gasteiger partial charge in [0.2, 0.25) is 5.91 Å². The van der Waals surface area contributed by atoms with Gasteiger partial charge in [0.25, 0.3) is 0 Å². The second kappa shape index (κ2) is 7.85. The smallest absolute Gasteiger partial charge is 0.408 e. The van der Waals surface area contributed by atoms with Crippen LogP contribution in [0.1, 0.15) is 37.7 Å². The van der Waals surface area contributed by atoms with Gasteiger partial charge in [0.1, 0.15) is 11.6 Å². The maximum Gasteiger partial charge on any atom is 0.408 e. The number of carbonyl (C=O) groups excluding carboxylic acids is 2. The van der Waals surface area contributed by atoms with Crippen molar-refractivity contribution in [1.29, 1.82) is 0 Å². The van der Waals surface area contributed by atoms with Crippen molar-refractivity contribution in [3.05, 3.63) is 53.7 Å². The number of benzene rings is 1. The number of amides is 2. The first-order valence-electron chi connectivity index (χ1n) is 10.1. The predicted octanol–water partition coefficient (Wildman–Crippen LogP) is 2.91. The fourth-order valence-electron chi connectivity index (χ4n) is 3.79. The monoisotopic (exact) mass is 409 g/mol. The van der Waals surface area contributed by atoms with Crippen LogP contribution in [-0.2, 0) is 28.9 Å². The van der Waals surface area contributed by atoms with E-state index in [0.29, 0.717) is 25.9 Å². The second-order valence-electron chi connectivity index (χ2n) is 8.60. The van der Waals surface area contributed by atoms with Crippen molar-refractivity contribution in [3.8, 4) is 0 Å².